The van der Waals surface area contributed by atoms with Crippen LogP contribution in [0.15, 0.2) is 36.4 Å². The summed E-state index contributed by atoms with van der Waals surface area (Å²) >= 11 is 0. The third-order valence-corrected chi connectivity index (χ3v) is 5.97. The number of ether oxygens (including phenoxy) is 1. The number of carbonyl (C=O) groups excluding carboxylic acids is 1. The van der Waals surface area contributed by atoms with Gasteiger partial charge < -0.3 is 14.6 Å². The lowest BCUT2D eigenvalue weighted by Gasteiger charge is -2.38. The number of aryl methyl sites for hydroxylation is 2. The van der Waals surface area contributed by atoms with Crippen molar-refractivity contribution in [3.8, 4) is 11.5 Å². The number of nitrogens with zero attached hydrogens (tertiary/aromatic N) is 1. The molecule has 0 amide bonds. The number of hydrogen-bond donors (Lipinski definition) is 1. The second kappa shape index (κ2) is 14.8. The highest BCUT2D eigenvalue weighted by atomic mass is 16.5. The molecule has 0 bridgehead atoms. The van der Waals surface area contributed by atoms with E-state index in [-0.39, 0.29) is 11.9 Å². The number of likely N-dealkylation sites (tertiary alicyclic amines) is 1. The molecule has 1 saturated heterocycles. The Kier molecular flexibility index (Phi) is 13.0. The summed E-state index contributed by atoms with van der Waals surface area (Å²) in [4.78, 5) is 12.1. The van der Waals surface area contributed by atoms with Crippen LogP contribution >= 0.6 is 0 Å². The fourth-order valence-electron chi connectivity index (χ4n) is 4.71. The molecule has 4 heteroatoms. The summed E-state index contributed by atoms with van der Waals surface area (Å²) in [5.74, 6) is 2.16. The van der Waals surface area contributed by atoms with Crippen molar-refractivity contribution in [2.24, 2.45) is 5.92 Å². The Balaban J connectivity index is 0.000000644. The number of fused-ring (bicyclic) bond motifs is 1. The summed E-state index contributed by atoms with van der Waals surface area (Å²) < 4.78 is 6.54. The van der Waals surface area contributed by atoms with E-state index in [4.69, 9.17) is 4.74 Å². The molecule has 4 nitrogen and oxygen atoms in total. The smallest absolute Gasteiger partial charge is 0.140 e. The van der Waals surface area contributed by atoms with Gasteiger partial charge in [0, 0.05) is 12.1 Å². The summed E-state index contributed by atoms with van der Waals surface area (Å²) in [7, 11) is 0. The molecule has 2 aromatic rings. The van der Waals surface area contributed by atoms with Crippen LogP contribution in [0.3, 0.4) is 0 Å². The lowest BCUT2D eigenvalue weighted by atomic mass is 9.97. The summed E-state index contributed by atoms with van der Waals surface area (Å²) in [5.41, 5.74) is 4.89. The van der Waals surface area contributed by atoms with Crippen molar-refractivity contribution in [1.82, 2.24) is 4.90 Å². The number of Topliss-reactive ketones (excluding diaryl/α,β-unsaturated/α-hetero) is 1. The molecule has 2 aliphatic rings. The Morgan fingerprint density at radius 2 is 1.71 bits per heavy atom. The fraction of sp³-hybridized carbons (Fsp3) is 0.567. The van der Waals surface area contributed by atoms with Crippen LogP contribution in [-0.4, -0.2) is 34.9 Å². The molecule has 1 N–H and O–H groups in total. The molecule has 0 spiro atoms. The minimum absolute atomic E-state index is 0.0251. The van der Waals surface area contributed by atoms with E-state index < -0.39 is 0 Å². The minimum Gasteiger partial charge on any atom is -0.508 e. The van der Waals surface area contributed by atoms with E-state index in [1.165, 1.54) is 43.4 Å². The second-order valence-corrected chi connectivity index (χ2v) is 9.11. The number of carbonyl (C=O) groups is 1. The Hall–Kier alpha value is -2.33. The standard InChI is InChI=1S/C23H29NO2.C3H6O.2C2H6/c1-15-6-4-8-19(10-15)26-23-21-12-18(25)11-17(3)20(21)13-22(23)24-9-5-7-16(2)14-24;1-3(2)4;2*1-2/h4,6,8,10-12,16,22-23,25H,5,7,9,13-14H2,1-3H3;1-2H3;2*1-2H3/t16?,22?,23-;;;/m0.../s1. The Bertz CT molecular complexity index is 889. The van der Waals surface area contributed by atoms with Gasteiger partial charge in [-0.05, 0) is 100 Å². The lowest BCUT2D eigenvalue weighted by molar-refractivity contribution is -0.114. The number of piperidine rings is 1. The van der Waals surface area contributed by atoms with Gasteiger partial charge in [0.05, 0.1) is 6.04 Å². The van der Waals surface area contributed by atoms with E-state index in [1.54, 1.807) is 0 Å². The Morgan fingerprint density at radius 3 is 2.29 bits per heavy atom. The summed E-state index contributed by atoms with van der Waals surface area (Å²) in [6.07, 6.45) is 3.56. The van der Waals surface area contributed by atoms with Crippen molar-refractivity contribution in [3.63, 3.8) is 0 Å². The lowest BCUT2D eigenvalue weighted by Crippen LogP contribution is -2.45. The number of benzene rings is 2. The predicted octanol–water partition coefficient (Wildman–Crippen LogP) is 7.43. The third-order valence-electron chi connectivity index (χ3n) is 5.97. The van der Waals surface area contributed by atoms with Gasteiger partial charge in [-0.25, -0.2) is 0 Å². The van der Waals surface area contributed by atoms with E-state index in [9.17, 15) is 9.90 Å². The maximum atomic E-state index is 10.2. The van der Waals surface area contributed by atoms with Crippen LogP contribution in [0, 0.1) is 19.8 Å². The molecule has 0 saturated carbocycles. The number of phenolic OH excluding ortho intramolecular Hbond substituents is 1. The molecule has 2 unspecified atom stereocenters. The monoisotopic (exact) mass is 469 g/mol. The van der Waals surface area contributed by atoms with Gasteiger partial charge in [-0.3, -0.25) is 4.90 Å². The maximum Gasteiger partial charge on any atom is 0.140 e. The van der Waals surface area contributed by atoms with E-state index >= 15 is 0 Å². The van der Waals surface area contributed by atoms with Crippen molar-refractivity contribution in [2.45, 2.75) is 93.7 Å². The van der Waals surface area contributed by atoms with E-state index in [1.807, 2.05) is 52.0 Å². The van der Waals surface area contributed by atoms with Crippen molar-refractivity contribution < 1.29 is 14.6 Å². The first-order valence-corrected chi connectivity index (χ1v) is 13.0. The van der Waals surface area contributed by atoms with Gasteiger partial charge in [-0.15, -0.1) is 0 Å². The van der Waals surface area contributed by atoms with Gasteiger partial charge in [0.15, 0.2) is 0 Å². The molecule has 0 aromatic heterocycles. The molecular formula is C30H47NO3. The van der Waals surface area contributed by atoms with Gasteiger partial charge in [-0.1, -0.05) is 46.8 Å². The van der Waals surface area contributed by atoms with Crippen molar-refractivity contribution in [1.29, 1.82) is 0 Å². The molecule has 0 radical (unpaired) electrons. The third kappa shape index (κ3) is 8.47. The molecule has 3 atom stereocenters. The van der Waals surface area contributed by atoms with E-state index in [0.717, 1.165) is 36.7 Å². The Morgan fingerprint density at radius 1 is 1.06 bits per heavy atom. The van der Waals surface area contributed by atoms with Gasteiger partial charge >= 0.3 is 0 Å². The topological polar surface area (TPSA) is 49.8 Å². The highest BCUT2D eigenvalue weighted by molar-refractivity contribution is 5.72. The van der Waals surface area contributed by atoms with Crippen LogP contribution in [0.2, 0.25) is 0 Å². The van der Waals surface area contributed by atoms with Crippen molar-refractivity contribution in [3.05, 3.63) is 58.7 Å². The van der Waals surface area contributed by atoms with Crippen LogP contribution < -0.4 is 4.74 Å². The van der Waals surface area contributed by atoms with Crippen LogP contribution in [-0.2, 0) is 11.2 Å². The van der Waals surface area contributed by atoms with Crippen LogP contribution in [0.1, 0.15) is 89.7 Å². The zero-order valence-electron chi connectivity index (χ0n) is 22.9. The summed E-state index contributed by atoms with van der Waals surface area (Å²) in [5, 5.41) is 10.2. The van der Waals surface area contributed by atoms with Crippen molar-refractivity contribution in [2.75, 3.05) is 13.1 Å². The first-order valence-electron chi connectivity index (χ1n) is 13.0. The molecule has 1 aliphatic carbocycles. The average molecular weight is 470 g/mol. The van der Waals surface area contributed by atoms with Crippen LogP contribution in [0.5, 0.6) is 11.5 Å². The predicted molar refractivity (Wildman–Crippen MR) is 144 cm³/mol. The molecule has 190 valence electrons. The maximum absolute atomic E-state index is 10.2. The van der Waals surface area contributed by atoms with Crippen LogP contribution in [0.25, 0.3) is 0 Å². The fourth-order valence-corrected chi connectivity index (χ4v) is 4.71. The molecule has 1 aliphatic heterocycles. The quantitative estimate of drug-likeness (QED) is 0.508. The van der Waals surface area contributed by atoms with E-state index in [0.29, 0.717) is 11.8 Å². The number of phenols is 1. The summed E-state index contributed by atoms with van der Waals surface area (Å²) in [6.45, 7) is 19.9. The average Bonchev–Trinajstić information content (AvgIpc) is 3.15. The van der Waals surface area contributed by atoms with Gasteiger partial charge in [-0.2, -0.15) is 0 Å². The SMILES string of the molecule is CC.CC.CC(C)=O.Cc1cccc(O[C@H]2c3cc(O)cc(C)c3CC2N2CCCC(C)C2)c1. The molecule has 34 heavy (non-hydrogen) atoms. The van der Waals surface area contributed by atoms with Gasteiger partial charge in [0.2, 0.25) is 0 Å². The van der Waals surface area contributed by atoms with Crippen LogP contribution in [0.4, 0.5) is 0 Å². The van der Waals surface area contributed by atoms with Crippen molar-refractivity contribution >= 4 is 5.78 Å². The zero-order valence-corrected chi connectivity index (χ0v) is 22.9. The van der Waals surface area contributed by atoms with E-state index in [2.05, 4.69) is 37.8 Å². The minimum atomic E-state index is -0.0251. The highest BCUT2D eigenvalue weighted by Crippen LogP contribution is 2.42. The molecule has 4 rings (SSSR count). The number of aromatic hydroxyl groups is 1. The molecular weight excluding hydrogens is 422 g/mol. The Labute approximate surface area is 208 Å². The number of rotatable bonds is 3. The van der Waals surface area contributed by atoms with Gasteiger partial charge in [0.1, 0.15) is 23.4 Å². The molecule has 1 heterocycles. The summed E-state index contributed by atoms with van der Waals surface area (Å²) in [6, 6.07) is 12.4. The zero-order chi connectivity index (χ0) is 25.8. The molecule has 2 aromatic carbocycles. The highest BCUT2D eigenvalue weighted by Gasteiger charge is 2.40. The largest absolute Gasteiger partial charge is 0.508 e. The molecule has 1 fully saturated rings. The first kappa shape index (κ1) is 29.7. The number of hydrogen-bond acceptors (Lipinski definition) is 4. The first-order chi connectivity index (χ1) is 16.2. The number of ketones is 1. The normalized spacial score (nSPS) is 20.9. The van der Waals surface area contributed by atoms with Gasteiger partial charge in [0.25, 0.3) is 0 Å². The second-order valence-electron chi connectivity index (χ2n) is 9.11.